The normalized spacial score (nSPS) is 10.9. The summed E-state index contributed by atoms with van der Waals surface area (Å²) in [6.45, 7) is 2.26. The number of anilines is 1. The van der Waals surface area contributed by atoms with Crippen LogP contribution >= 0.6 is 23.5 Å². The minimum atomic E-state index is 0.331. The number of hydrogen-bond acceptors (Lipinski definition) is 5. The van der Waals surface area contributed by atoms with Gasteiger partial charge in [0.2, 0.25) is 5.95 Å². The van der Waals surface area contributed by atoms with Gasteiger partial charge in [0.25, 0.3) is 0 Å². The Morgan fingerprint density at radius 3 is 2.56 bits per heavy atom. The number of H-pyrrole nitrogens is 1. The van der Waals surface area contributed by atoms with Crippen LogP contribution in [0.4, 0.5) is 5.95 Å². The molecule has 1 aromatic rings. The van der Waals surface area contributed by atoms with Crippen molar-refractivity contribution < 1.29 is 0 Å². The maximum absolute atomic E-state index is 5.43. The molecule has 0 unspecified atom stereocenters. The molecule has 6 heteroatoms. The van der Waals surface area contributed by atoms with Gasteiger partial charge in [0.15, 0.2) is 5.16 Å². The molecule has 104 valence electrons. The lowest BCUT2D eigenvalue weighted by Gasteiger charge is -2.01. The summed E-state index contributed by atoms with van der Waals surface area (Å²) in [7, 11) is 0. The molecule has 0 aliphatic heterocycles. The summed E-state index contributed by atoms with van der Waals surface area (Å²) in [5, 5.41) is 7.42. The van der Waals surface area contributed by atoms with Crippen LogP contribution in [0.5, 0.6) is 0 Å². The Bertz CT molecular complexity index is 304. The number of nitrogens with one attached hydrogen (secondary N) is 1. The third kappa shape index (κ3) is 7.87. The van der Waals surface area contributed by atoms with Gasteiger partial charge in [-0.05, 0) is 12.2 Å². The zero-order chi connectivity index (χ0) is 13.1. The van der Waals surface area contributed by atoms with Crippen LogP contribution in [-0.2, 0) is 0 Å². The van der Waals surface area contributed by atoms with Gasteiger partial charge < -0.3 is 5.73 Å². The Morgan fingerprint density at radius 1 is 1.06 bits per heavy atom. The van der Waals surface area contributed by atoms with E-state index in [1.165, 1.54) is 50.0 Å². The fourth-order valence-electron chi connectivity index (χ4n) is 1.61. The lowest BCUT2D eigenvalue weighted by Crippen LogP contribution is -1.89. The van der Waals surface area contributed by atoms with Crippen molar-refractivity contribution in [2.75, 3.05) is 23.0 Å². The molecule has 0 amide bonds. The number of rotatable bonds is 11. The summed E-state index contributed by atoms with van der Waals surface area (Å²) >= 11 is 3.72. The Morgan fingerprint density at radius 2 is 1.83 bits per heavy atom. The van der Waals surface area contributed by atoms with Gasteiger partial charge in [-0.3, -0.25) is 5.10 Å². The molecule has 1 aromatic heterocycles. The number of aromatic amines is 1. The molecule has 0 fully saturated rings. The van der Waals surface area contributed by atoms with E-state index in [9.17, 15) is 0 Å². The minimum absolute atomic E-state index is 0.331. The summed E-state index contributed by atoms with van der Waals surface area (Å²) in [6.07, 6.45) is 8.28. The van der Waals surface area contributed by atoms with Crippen LogP contribution in [0.25, 0.3) is 0 Å². The molecule has 0 atom stereocenters. The first-order valence-corrected chi connectivity index (χ1v) is 8.85. The minimum Gasteiger partial charge on any atom is -0.366 e. The first-order chi connectivity index (χ1) is 8.83. The van der Waals surface area contributed by atoms with E-state index in [0.717, 1.165) is 10.9 Å². The monoisotopic (exact) mass is 288 g/mol. The number of nitrogens with zero attached hydrogens (tertiary/aromatic N) is 2. The van der Waals surface area contributed by atoms with E-state index < -0.39 is 0 Å². The molecule has 0 spiro atoms. The van der Waals surface area contributed by atoms with Crippen molar-refractivity contribution in [2.24, 2.45) is 0 Å². The van der Waals surface area contributed by atoms with Crippen LogP contribution in [0.1, 0.15) is 45.4 Å². The molecule has 0 bridgehead atoms. The second kappa shape index (κ2) is 10.6. The molecule has 0 aromatic carbocycles. The fraction of sp³-hybridized carbons (Fsp3) is 0.833. The van der Waals surface area contributed by atoms with E-state index in [2.05, 4.69) is 22.1 Å². The first kappa shape index (κ1) is 15.7. The Kier molecular flexibility index (Phi) is 9.20. The van der Waals surface area contributed by atoms with Crippen LogP contribution < -0.4 is 5.73 Å². The Balaban J connectivity index is 1.81. The lowest BCUT2D eigenvalue weighted by atomic mass is 10.1. The van der Waals surface area contributed by atoms with Gasteiger partial charge in [0.1, 0.15) is 0 Å². The summed E-state index contributed by atoms with van der Waals surface area (Å²) in [6, 6.07) is 0. The molecule has 1 rings (SSSR count). The SMILES string of the molecule is CCCCCCCCSCCSc1nc(N)n[nH]1. The summed E-state index contributed by atoms with van der Waals surface area (Å²) in [5.74, 6) is 3.85. The van der Waals surface area contributed by atoms with Crippen LogP contribution in [0, 0.1) is 0 Å². The summed E-state index contributed by atoms with van der Waals surface area (Å²) in [5.41, 5.74) is 5.43. The second-order valence-corrected chi connectivity index (χ2v) is 6.54. The molecule has 0 radical (unpaired) electrons. The number of nitrogen functional groups attached to an aromatic ring is 1. The quantitative estimate of drug-likeness (QED) is 0.481. The van der Waals surface area contributed by atoms with Gasteiger partial charge in [-0.1, -0.05) is 50.8 Å². The van der Waals surface area contributed by atoms with Crippen molar-refractivity contribution in [1.82, 2.24) is 15.2 Å². The largest absolute Gasteiger partial charge is 0.366 e. The molecular formula is C12H24N4S2. The van der Waals surface area contributed by atoms with Crippen molar-refractivity contribution in [1.29, 1.82) is 0 Å². The van der Waals surface area contributed by atoms with Gasteiger partial charge in [-0.2, -0.15) is 16.7 Å². The zero-order valence-electron chi connectivity index (χ0n) is 11.2. The van der Waals surface area contributed by atoms with E-state index in [-0.39, 0.29) is 0 Å². The average Bonchev–Trinajstić information content (AvgIpc) is 2.77. The zero-order valence-corrected chi connectivity index (χ0v) is 12.8. The second-order valence-electron chi connectivity index (χ2n) is 4.23. The molecule has 3 N–H and O–H groups in total. The van der Waals surface area contributed by atoms with Crippen LogP contribution in [0.2, 0.25) is 0 Å². The molecule has 0 saturated heterocycles. The maximum atomic E-state index is 5.43. The van der Waals surface area contributed by atoms with E-state index in [4.69, 9.17) is 5.73 Å². The number of hydrogen-bond donors (Lipinski definition) is 2. The third-order valence-electron chi connectivity index (χ3n) is 2.59. The molecule has 0 aliphatic rings. The highest BCUT2D eigenvalue weighted by Gasteiger charge is 1.99. The Hall–Kier alpha value is -0.360. The summed E-state index contributed by atoms with van der Waals surface area (Å²) < 4.78 is 0. The van der Waals surface area contributed by atoms with E-state index in [0.29, 0.717) is 5.95 Å². The highest BCUT2D eigenvalue weighted by Crippen LogP contribution is 2.16. The van der Waals surface area contributed by atoms with Crippen molar-refractivity contribution in [3.63, 3.8) is 0 Å². The number of unbranched alkanes of at least 4 members (excludes halogenated alkanes) is 5. The van der Waals surface area contributed by atoms with Gasteiger partial charge in [0.05, 0.1) is 0 Å². The van der Waals surface area contributed by atoms with E-state index >= 15 is 0 Å². The van der Waals surface area contributed by atoms with Crippen LogP contribution in [0.3, 0.4) is 0 Å². The van der Waals surface area contributed by atoms with E-state index in [1.54, 1.807) is 11.8 Å². The number of aromatic nitrogens is 3. The lowest BCUT2D eigenvalue weighted by molar-refractivity contribution is 0.627. The highest BCUT2D eigenvalue weighted by molar-refractivity contribution is 8.02. The topological polar surface area (TPSA) is 67.6 Å². The van der Waals surface area contributed by atoms with Gasteiger partial charge in [0, 0.05) is 11.5 Å². The standard InChI is InChI=1S/C12H24N4S2/c1-2-3-4-5-6-7-8-17-9-10-18-12-14-11(13)15-16-12/h2-10H2,1H3,(H3,13,14,15,16). The van der Waals surface area contributed by atoms with Crippen LogP contribution in [0.15, 0.2) is 5.16 Å². The summed E-state index contributed by atoms with van der Waals surface area (Å²) in [4.78, 5) is 4.05. The molecule has 0 aliphatic carbocycles. The van der Waals surface area contributed by atoms with Crippen molar-refractivity contribution in [3.8, 4) is 0 Å². The smallest absolute Gasteiger partial charge is 0.240 e. The number of nitrogens with two attached hydrogens (primary N) is 1. The maximum Gasteiger partial charge on any atom is 0.240 e. The van der Waals surface area contributed by atoms with Crippen molar-refractivity contribution in [3.05, 3.63) is 0 Å². The van der Waals surface area contributed by atoms with Gasteiger partial charge in [-0.15, -0.1) is 5.10 Å². The Labute approximate surface area is 118 Å². The molecule has 1 heterocycles. The molecule has 0 saturated carbocycles. The van der Waals surface area contributed by atoms with Gasteiger partial charge >= 0.3 is 0 Å². The fourth-order valence-corrected chi connectivity index (χ4v) is 3.49. The third-order valence-corrected chi connectivity index (χ3v) is 4.78. The van der Waals surface area contributed by atoms with Crippen LogP contribution in [-0.4, -0.2) is 32.4 Å². The molecular weight excluding hydrogens is 264 g/mol. The molecule has 18 heavy (non-hydrogen) atoms. The highest BCUT2D eigenvalue weighted by atomic mass is 32.2. The average molecular weight is 288 g/mol. The van der Waals surface area contributed by atoms with Crippen molar-refractivity contribution >= 4 is 29.5 Å². The van der Waals surface area contributed by atoms with Gasteiger partial charge in [-0.25, -0.2) is 0 Å². The first-order valence-electron chi connectivity index (χ1n) is 6.71. The predicted molar refractivity (Wildman–Crippen MR) is 82.2 cm³/mol. The van der Waals surface area contributed by atoms with E-state index in [1.807, 2.05) is 11.8 Å². The van der Waals surface area contributed by atoms with Crippen molar-refractivity contribution in [2.45, 2.75) is 50.6 Å². The number of thioether (sulfide) groups is 2. The molecule has 4 nitrogen and oxygen atoms in total. The predicted octanol–water partition coefficient (Wildman–Crippen LogP) is 3.57.